The van der Waals surface area contributed by atoms with Gasteiger partial charge in [0.1, 0.15) is 18.3 Å². The molecular weight excluding hydrogens is 463 g/mol. The summed E-state index contributed by atoms with van der Waals surface area (Å²) in [4.78, 5) is 24.8. The molecule has 2 N–H and O–H groups in total. The van der Waals surface area contributed by atoms with Crippen molar-refractivity contribution in [2.75, 3.05) is 25.5 Å². The van der Waals surface area contributed by atoms with E-state index in [0.717, 1.165) is 4.31 Å². The lowest BCUT2D eigenvalue weighted by atomic mass is 10.1. The van der Waals surface area contributed by atoms with Gasteiger partial charge in [0.05, 0.1) is 12.0 Å². The molecule has 0 bridgehead atoms. The molecule has 1 fully saturated rings. The summed E-state index contributed by atoms with van der Waals surface area (Å²) in [5.41, 5.74) is 0.0829. The Balaban J connectivity index is 1.72. The fraction of sp³-hybridized carbons (Fsp3) is 0.333. The molecule has 0 aromatic heterocycles. The first-order chi connectivity index (χ1) is 15.5. The third-order valence-corrected chi connectivity index (χ3v) is 6.94. The van der Waals surface area contributed by atoms with E-state index in [9.17, 15) is 31.2 Å². The Labute approximate surface area is 188 Å². The number of hydrogen-bond donors (Lipinski definition) is 2. The van der Waals surface area contributed by atoms with Gasteiger partial charge in [-0.25, -0.2) is 8.42 Å². The van der Waals surface area contributed by atoms with Crippen LogP contribution >= 0.6 is 0 Å². The minimum atomic E-state index is -4.55. The molecule has 1 aliphatic rings. The second-order valence-electron chi connectivity index (χ2n) is 7.32. The number of nitrogens with one attached hydrogen (secondary N) is 2. The van der Waals surface area contributed by atoms with E-state index in [2.05, 4.69) is 5.32 Å². The van der Waals surface area contributed by atoms with Crippen LogP contribution < -0.4 is 15.4 Å². The smallest absolute Gasteiger partial charge is 0.405 e. The van der Waals surface area contributed by atoms with Gasteiger partial charge in [0.2, 0.25) is 15.9 Å². The average Bonchev–Trinajstić information content (AvgIpc) is 3.28. The fourth-order valence-electron chi connectivity index (χ4n) is 3.42. The lowest BCUT2D eigenvalue weighted by molar-refractivity contribution is -0.123. The van der Waals surface area contributed by atoms with Crippen LogP contribution in [0.4, 0.5) is 18.9 Å². The molecule has 178 valence electrons. The number of carbonyl (C=O) groups excluding carboxylic acids is 2. The molecule has 2 aromatic rings. The lowest BCUT2D eigenvalue weighted by Crippen LogP contribution is -2.43. The predicted molar refractivity (Wildman–Crippen MR) is 113 cm³/mol. The van der Waals surface area contributed by atoms with Crippen molar-refractivity contribution in [1.29, 1.82) is 0 Å². The molecule has 33 heavy (non-hydrogen) atoms. The Morgan fingerprint density at radius 1 is 1.15 bits per heavy atom. The Hall–Kier alpha value is -3.12. The number of nitrogens with zero attached hydrogens (tertiary/aromatic N) is 1. The van der Waals surface area contributed by atoms with E-state index >= 15 is 0 Å². The fourth-order valence-corrected chi connectivity index (χ4v) is 5.08. The van der Waals surface area contributed by atoms with Crippen LogP contribution in [0.2, 0.25) is 0 Å². The number of ether oxygens (including phenoxy) is 1. The molecule has 2 aromatic carbocycles. The zero-order valence-corrected chi connectivity index (χ0v) is 18.4. The average molecular weight is 485 g/mol. The maximum Gasteiger partial charge on any atom is 0.405 e. The molecule has 0 unspecified atom stereocenters. The van der Waals surface area contributed by atoms with Crippen LogP contribution in [0.1, 0.15) is 23.2 Å². The van der Waals surface area contributed by atoms with E-state index in [1.54, 1.807) is 5.32 Å². The van der Waals surface area contributed by atoms with Crippen molar-refractivity contribution in [3.05, 3.63) is 54.1 Å². The molecule has 0 radical (unpaired) electrons. The third kappa shape index (κ3) is 6.02. The molecule has 2 amide bonds. The Morgan fingerprint density at radius 2 is 1.85 bits per heavy atom. The number of amides is 2. The zero-order chi connectivity index (χ0) is 24.2. The van der Waals surface area contributed by atoms with Gasteiger partial charge in [-0.15, -0.1) is 0 Å². The van der Waals surface area contributed by atoms with Crippen molar-refractivity contribution in [3.8, 4) is 5.75 Å². The van der Waals surface area contributed by atoms with Crippen molar-refractivity contribution in [3.63, 3.8) is 0 Å². The number of anilines is 1. The zero-order valence-electron chi connectivity index (χ0n) is 17.6. The third-order valence-electron chi connectivity index (χ3n) is 5.01. The van der Waals surface area contributed by atoms with Gasteiger partial charge >= 0.3 is 6.18 Å². The molecule has 1 aliphatic heterocycles. The van der Waals surface area contributed by atoms with E-state index < -0.39 is 40.6 Å². The van der Waals surface area contributed by atoms with Crippen LogP contribution in [0.25, 0.3) is 0 Å². The van der Waals surface area contributed by atoms with Crippen molar-refractivity contribution in [2.45, 2.75) is 30.0 Å². The maximum atomic E-state index is 13.1. The maximum absolute atomic E-state index is 13.1. The van der Waals surface area contributed by atoms with Gasteiger partial charge in [0.25, 0.3) is 5.91 Å². The van der Waals surface area contributed by atoms with Crippen LogP contribution in [0.15, 0.2) is 53.4 Å². The van der Waals surface area contributed by atoms with E-state index in [1.165, 1.54) is 55.6 Å². The highest BCUT2D eigenvalue weighted by Crippen LogP contribution is 2.28. The molecule has 1 heterocycles. The molecule has 12 heteroatoms. The molecule has 0 aliphatic carbocycles. The number of methoxy groups -OCH3 is 1. The van der Waals surface area contributed by atoms with Crippen LogP contribution in [-0.4, -0.2) is 57.0 Å². The summed E-state index contributed by atoms with van der Waals surface area (Å²) in [6.45, 7) is -1.32. The number of alkyl halides is 3. The Bertz CT molecular complexity index is 1120. The highest BCUT2D eigenvalue weighted by molar-refractivity contribution is 7.89. The molecule has 8 nitrogen and oxygen atoms in total. The molecule has 1 atom stereocenters. The van der Waals surface area contributed by atoms with Crippen molar-refractivity contribution < 1.29 is 35.9 Å². The monoisotopic (exact) mass is 485 g/mol. The van der Waals surface area contributed by atoms with Gasteiger partial charge in [-0.1, -0.05) is 6.07 Å². The second-order valence-corrected chi connectivity index (χ2v) is 9.21. The number of carbonyl (C=O) groups is 2. The largest absolute Gasteiger partial charge is 0.497 e. The molecule has 3 rings (SSSR count). The summed E-state index contributed by atoms with van der Waals surface area (Å²) in [6.07, 6.45) is -3.77. The summed E-state index contributed by atoms with van der Waals surface area (Å²) in [6, 6.07) is 10.2. The van der Waals surface area contributed by atoms with E-state index in [0.29, 0.717) is 18.6 Å². The summed E-state index contributed by atoms with van der Waals surface area (Å²) in [5, 5.41) is 4.31. The first-order valence-corrected chi connectivity index (χ1v) is 11.4. The van der Waals surface area contributed by atoms with Crippen LogP contribution in [-0.2, 0) is 14.8 Å². The normalized spacial score (nSPS) is 16.9. The SMILES string of the molecule is COc1ccc(S(=O)(=O)N2CCC[C@H]2C(=O)Nc2cccc(C(=O)NCC(F)(F)F)c2)cc1. The summed E-state index contributed by atoms with van der Waals surface area (Å²) in [5.74, 6) is -1.06. The number of sulfonamides is 1. The topological polar surface area (TPSA) is 105 Å². The Morgan fingerprint density at radius 3 is 2.48 bits per heavy atom. The van der Waals surface area contributed by atoms with Gasteiger partial charge in [-0.05, 0) is 55.3 Å². The number of hydrogen-bond acceptors (Lipinski definition) is 5. The summed E-state index contributed by atoms with van der Waals surface area (Å²) in [7, 11) is -2.49. The van der Waals surface area contributed by atoms with Crippen molar-refractivity contribution in [1.82, 2.24) is 9.62 Å². The van der Waals surface area contributed by atoms with Crippen LogP contribution in [0.3, 0.4) is 0 Å². The minimum absolute atomic E-state index is 0.0198. The van der Waals surface area contributed by atoms with Crippen molar-refractivity contribution >= 4 is 27.5 Å². The van der Waals surface area contributed by atoms with Gasteiger partial charge in [0, 0.05) is 17.8 Å². The number of rotatable bonds is 7. The predicted octanol–water partition coefficient (Wildman–Crippen LogP) is 2.78. The molecule has 0 spiro atoms. The van der Waals surface area contributed by atoms with Gasteiger partial charge in [0.15, 0.2) is 0 Å². The van der Waals surface area contributed by atoms with Crippen LogP contribution in [0, 0.1) is 0 Å². The van der Waals surface area contributed by atoms with E-state index in [-0.39, 0.29) is 22.7 Å². The highest BCUT2D eigenvalue weighted by atomic mass is 32.2. The van der Waals surface area contributed by atoms with E-state index in [4.69, 9.17) is 4.74 Å². The lowest BCUT2D eigenvalue weighted by Gasteiger charge is -2.23. The second kappa shape index (κ2) is 9.79. The minimum Gasteiger partial charge on any atom is -0.497 e. The molecule has 0 saturated carbocycles. The number of halogens is 3. The van der Waals surface area contributed by atoms with Gasteiger partial charge in [-0.3, -0.25) is 9.59 Å². The highest BCUT2D eigenvalue weighted by Gasteiger charge is 2.39. The first kappa shape index (κ1) is 24.5. The van der Waals surface area contributed by atoms with E-state index in [1.807, 2.05) is 0 Å². The Kier molecular flexibility index (Phi) is 7.28. The number of benzene rings is 2. The summed E-state index contributed by atoms with van der Waals surface area (Å²) >= 11 is 0. The summed E-state index contributed by atoms with van der Waals surface area (Å²) < 4.78 is 69.2. The molecule has 1 saturated heterocycles. The quantitative estimate of drug-likeness (QED) is 0.628. The van der Waals surface area contributed by atoms with Crippen molar-refractivity contribution in [2.24, 2.45) is 0 Å². The van der Waals surface area contributed by atoms with Gasteiger partial charge in [-0.2, -0.15) is 17.5 Å². The van der Waals surface area contributed by atoms with Crippen LogP contribution in [0.5, 0.6) is 5.75 Å². The van der Waals surface area contributed by atoms with Gasteiger partial charge < -0.3 is 15.4 Å². The molecular formula is C21H22F3N3O5S. The first-order valence-electron chi connectivity index (χ1n) is 9.93. The standard InChI is InChI=1S/C21H22F3N3O5S/c1-32-16-7-9-17(10-8-16)33(30,31)27-11-3-6-18(27)20(29)26-15-5-2-4-14(12-15)19(28)25-13-21(22,23)24/h2,4-5,7-10,12,18H,3,6,11,13H2,1H3,(H,25,28)(H,26,29)/t18-/m0/s1.